The number of rotatable bonds is 9. The van der Waals surface area contributed by atoms with Crippen molar-refractivity contribution < 1.29 is 19.1 Å². The van der Waals surface area contributed by atoms with Crippen LogP contribution in [-0.2, 0) is 27.3 Å². The van der Waals surface area contributed by atoms with Gasteiger partial charge in [0.15, 0.2) is 0 Å². The SMILES string of the molecule is CCOCC(=O)N[C@H](Cc1ccccc1)C(=O)N1Cc2ccccc2OC[C@H]1CN(C)C. The number of carbonyl (C=O) groups excluding carboxylic acids is 2. The van der Waals surface area contributed by atoms with Crippen molar-refractivity contribution in [3.05, 3.63) is 65.7 Å². The van der Waals surface area contributed by atoms with Gasteiger partial charge >= 0.3 is 0 Å². The van der Waals surface area contributed by atoms with Crippen molar-refractivity contribution in [3.8, 4) is 5.75 Å². The maximum absolute atomic E-state index is 13.9. The van der Waals surface area contributed by atoms with Crippen molar-refractivity contribution in [2.45, 2.75) is 32.0 Å². The lowest BCUT2D eigenvalue weighted by Gasteiger charge is -2.34. The van der Waals surface area contributed by atoms with Gasteiger partial charge in [0.1, 0.15) is 25.0 Å². The van der Waals surface area contributed by atoms with Crippen molar-refractivity contribution in [2.75, 3.05) is 40.5 Å². The summed E-state index contributed by atoms with van der Waals surface area (Å²) in [4.78, 5) is 30.2. The number of likely N-dealkylation sites (N-methyl/N-ethyl adjacent to an activating group) is 1. The molecular formula is C25H33N3O4. The number of carbonyl (C=O) groups is 2. The standard InChI is InChI=1S/C25H33N3O4/c1-4-31-18-24(29)26-22(14-19-10-6-5-7-11-19)25(30)28-15-20-12-8-9-13-23(20)32-17-21(28)16-27(2)3/h5-13,21-22H,4,14-18H2,1-3H3,(H,26,29)/t21-,22-/m1/s1. The van der Waals surface area contributed by atoms with Gasteiger partial charge in [0, 0.05) is 31.7 Å². The van der Waals surface area contributed by atoms with E-state index in [0.29, 0.717) is 32.7 Å². The van der Waals surface area contributed by atoms with Gasteiger partial charge in [-0.05, 0) is 32.6 Å². The Morgan fingerprint density at radius 1 is 1.16 bits per heavy atom. The minimum Gasteiger partial charge on any atom is -0.491 e. The van der Waals surface area contributed by atoms with E-state index >= 15 is 0 Å². The second-order valence-corrected chi connectivity index (χ2v) is 8.25. The Kier molecular flexibility index (Phi) is 8.64. The number of nitrogens with zero attached hydrogens (tertiary/aromatic N) is 2. The highest BCUT2D eigenvalue weighted by Crippen LogP contribution is 2.26. The second kappa shape index (κ2) is 11.6. The van der Waals surface area contributed by atoms with Gasteiger partial charge in [0.2, 0.25) is 11.8 Å². The fourth-order valence-corrected chi connectivity index (χ4v) is 3.88. The summed E-state index contributed by atoms with van der Waals surface area (Å²) in [6.45, 7) is 3.69. The molecule has 0 fully saturated rings. The maximum atomic E-state index is 13.9. The van der Waals surface area contributed by atoms with Crippen LogP contribution in [0.5, 0.6) is 5.75 Å². The molecule has 172 valence electrons. The molecule has 2 amide bonds. The summed E-state index contributed by atoms with van der Waals surface area (Å²) in [6, 6.07) is 16.7. The van der Waals surface area contributed by atoms with Crippen LogP contribution in [0.25, 0.3) is 0 Å². The van der Waals surface area contributed by atoms with Crippen LogP contribution in [-0.4, -0.2) is 74.2 Å². The summed E-state index contributed by atoms with van der Waals surface area (Å²) in [6.07, 6.45) is 0.408. The quantitative estimate of drug-likeness (QED) is 0.648. The van der Waals surface area contributed by atoms with Crippen molar-refractivity contribution in [1.29, 1.82) is 0 Å². The number of fused-ring (bicyclic) bond motifs is 1. The highest BCUT2D eigenvalue weighted by molar-refractivity contribution is 5.88. The third-order valence-corrected chi connectivity index (χ3v) is 5.40. The largest absolute Gasteiger partial charge is 0.491 e. The summed E-state index contributed by atoms with van der Waals surface area (Å²) >= 11 is 0. The van der Waals surface area contributed by atoms with Crippen LogP contribution in [0.3, 0.4) is 0 Å². The second-order valence-electron chi connectivity index (χ2n) is 8.25. The first-order valence-corrected chi connectivity index (χ1v) is 11.0. The molecule has 32 heavy (non-hydrogen) atoms. The number of hydrogen-bond donors (Lipinski definition) is 1. The van der Waals surface area contributed by atoms with Gasteiger partial charge in [-0.3, -0.25) is 9.59 Å². The molecule has 2 aromatic carbocycles. The lowest BCUT2D eigenvalue weighted by molar-refractivity contribution is -0.140. The predicted molar refractivity (Wildman–Crippen MR) is 123 cm³/mol. The summed E-state index contributed by atoms with van der Waals surface area (Å²) in [5.74, 6) is 0.383. The highest BCUT2D eigenvalue weighted by atomic mass is 16.5. The van der Waals surface area contributed by atoms with Crippen LogP contribution in [0.4, 0.5) is 0 Å². The first-order valence-electron chi connectivity index (χ1n) is 11.0. The van der Waals surface area contributed by atoms with Gasteiger partial charge in [-0.15, -0.1) is 0 Å². The Bertz CT molecular complexity index is 888. The number of amides is 2. The molecule has 0 spiro atoms. The predicted octanol–water partition coefficient (Wildman–Crippen LogP) is 2.10. The normalized spacial score (nSPS) is 16.6. The number of ether oxygens (including phenoxy) is 2. The molecule has 0 aliphatic carbocycles. The Morgan fingerprint density at radius 2 is 1.88 bits per heavy atom. The average Bonchev–Trinajstić information content (AvgIpc) is 2.97. The fraction of sp³-hybridized carbons (Fsp3) is 0.440. The number of benzene rings is 2. The van der Waals surface area contributed by atoms with E-state index in [1.165, 1.54) is 0 Å². The molecular weight excluding hydrogens is 406 g/mol. The van der Waals surface area contributed by atoms with Gasteiger partial charge in [-0.1, -0.05) is 48.5 Å². The maximum Gasteiger partial charge on any atom is 0.246 e. The first kappa shape index (κ1) is 23.8. The zero-order chi connectivity index (χ0) is 22.9. The minimum atomic E-state index is -0.694. The van der Waals surface area contributed by atoms with Crippen molar-refractivity contribution >= 4 is 11.8 Å². The van der Waals surface area contributed by atoms with Crippen molar-refractivity contribution in [3.63, 3.8) is 0 Å². The van der Waals surface area contributed by atoms with E-state index in [0.717, 1.165) is 16.9 Å². The Hall–Kier alpha value is -2.90. The molecule has 0 bridgehead atoms. The van der Waals surface area contributed by atoms with Crippen LogP contribution in [0.2, 0.25) is 0 Å². The van der Waals surface area contributed by atoms with E-state index in [2.05, 4.69) is 5.32 Å². The molecule has 2 aromatic rings. The Morgan fingerprint density at radius 3 is 2.59 bits per heavy atom. The average molecular weight is 440 g/mol. The molecule has 2 atom stereocenters. The molecule has 0 saturated carbocycles. The molecule has 1 aliphatic heterocycles. The molecule has 0 aromatic heterocycles. The molecule has 1 aliphatic rings. The molecule has 0 radical (unpaired) electrons. The third kappa shape index (κ3) is 6.55. The van der Waals surface area contributed by atoms with Crippen LogP contribution in [0.15, 0.2) is 54.6 Å². The zero-order valence-electron chi connectivity index (χ0n) is 19.1. The van der Waals surface area contributed by atoms with E-state index in [9.17, 15) is 9.59 Å². The van der Waals surface area contributed by atoms with E-state index in [-0.39, 0.29) is 24.5 Å². The zero-order valence-corrected chi connectivity index (χ0v) is 19.1. The van der Waals surface area contributed by atoms with Gasteiger partial charge in [-0.25, -0.2) is 0 Å². The fourth-order valence-electron chi connectivity index (χ4n) is 3.88. The number of para-hydroxylation sites is 1. The van der Waals surface area contributed by atoms with Crippen LogP contribution >= 0.6 is 0 Å². The van der Waals surface area contributed by atoms with Crippen LogP contribution in [0, 0.1) is 0 Å². The lowest BCUT2D eigenvalue weighted by atomic mass is 10.0. The highest BCUT2D eigenvalue weighted by Gasteiger charge is 2.34. The summed E-state index contributed by atoms with van der Waals surface area (Å²) in [5.41, 5.74) is 1.94. The van der Waals surface area contributed by atoms with Crippen LogP contribution in [0.1, 0.15) is 18.1 Å². The monoisotopic (exact) mass is 439 g/mol. The number of nitrogens with one attached hydrogen (secondary N) is 1. The number of hydrogen-bond acceptors (Lipinski definition) is 5. The molecule has 7 nitrogen and oxygen atoms in total. The summed E-state index contributed by atoms with van der Waals surface area (Å²) in [5, 5.41) is 2.91. The summed E-state index contributed by atoms with van der Waals surface area (Å²) in [7, 11) is 3.96. The van der Waals surface area contributed by atoms with E-state index in [1.54, 1.807) is 0 Å². The van der Waals surface area contributed by atoms with Crippen molar-refractivity contribution in [1.82, 2.24) is 15.1 Å². The van der Waals surface area contributed by atoms with E-state index in [1.807, 2.05) is 85.4 Å². The topological polar surface area (TPSA) is 71.1 Å². The smallest absolute Gasteiger partial charge is 0.246 e. The summed E-state index contributed by atoms with van der Waals surface area (Å²) < 4.78 is 11.3. The van der Waals surface area contributed by atoms with Gasteiger partial charge in [0.05, 0.1) is 6.04 Å². The third-order valence-electron chi connectivity index (χ3n) is 5.40. The molecule has 7 heteroatoms. The molecule has 1 heterocycles. The van der Waals surface area contributed by atoms with E-state index in [4.69, 9.17) is 9.47 Å². The van der Waals surface area contributed by atoms with Gasteiger partial charge in [0.25, 0.3) is 0 Å². The molecule has 3 rings (SSSR count). The van der Waals surface area contributed by atoms with Crippen molar-refractivity contribution in [2.24, 2.45) is 0 Å². The van der Waals surface area contributed by atoms with Gasteiger partial charge < -0.3 is 24.6 Å². The molecule has 0 unspecified atom stereocenters. The molecule has 1 N–H and O–H groups in total. The first-order chi connectivity index (χ1) is 15.5. The Balaban J connectivity index is 1.88. The van der Waals surface area contributed by atoms with Crippen LogP contribution < -0.4 is 10.1 Å². The lowest BCUT2D eigenvalue weighted by Crippen LogP contribution is -2.55. The van der Waals surface area contributed by atoms with E-state index < -0.39 is 6.04 Å². The van der Waals surface area contributed by atoms with Gasteiger partial charge in [-0.2, -0.15) is 0 Å². The minimum absolute atomic E-state index is 0.0673. The molecule has 0 saturated heterocycles. The Labute approximate surface area is 190 Å².